The van der Waals surface area contributed by atoms with Crippen molar-refractivity contribution in [2.75, 3.05) is 6.61 Å². The van der Waals surface area contributed by atoms with Gasteiger partial charge < -0.3 is 4.74 Å². The third-order valence-corrected chi connectivity index (χ3v) is 4.07. The molecule has 0 amide bonds. The van der Waals surface area contributed by atoms with Crippen LogP contribution in [0, 0.1) is 0 Å². The van der Waals surface area contributed by atoms with E-state index in [2.05, 4.69) is 37.8 Å². The predicted molar refractivity (Wildman–Crippen MR) is 122 cm³/mol. The summed E-state index contributed by atoms with van der Waals surface area (Å²) in [6.07, 6.45) is 32.1. The van der Waals surface area contributed by atoms with E-state index in [0.29, 0.717) is 11.5 Å². The van der Waals surface area contributed by atoms with Crippen LogP contribution in [-0.4, -0.2) is 12.6 Å². The molecule has 0 fully saturated rings. The minimum absolute atomic E-state index is 0.295. The van der Waals surface area contributed by atoms with Gasteiger partial charge in [0.2, 0.25) is 0 Å². The molecule has 3 heteroatoms. The lowest BCUT2D eigenvalue weighted by Gasteiger charge is -1.98. The summed E-state index contributed by atoms with van der Waals surface area (Å²) in [5.74, 6) is -0.403. The van der Waals surface area contributed by atoms with Crippen molar-refractivity contribution >= 4 is 18.6 Å². The van der Waals surface area contributed by atoms with E-state index in [9.17, 15) is 4.79 Å². The Morgan fingerprint density at radius 2 is 1.26 bits per heavy atom. The Morgan fingerprint density at radius 1 is 0.741 bits per heavy atom. The number of ether oxygens (including phenoxy) is 1. The third-order valence-electron chi connectivity index (χ3n) is 3.74. The minimum Gasteiger partial charge on any atom is -0.462 e. The summed E-state index contributed by atoms with van der Waals surface area (Å²) in [6.45, 7) is 4.38. The highest BCUT2D eigenvalue weighted by atomic mass is 32.1. The molecule has 0 aromatic heterocycles. The highest BCUT2D eigenvalue weighted by Crippen LogP contribution is 2.08. The van der Waals surface area contributed by atoms with Crippen LogP contribution in [0.3, 0.4) is 0 Å². The molecule has 27 heavy (non-hydrogen) atoms. The van der Waals surface area contributed by atoms with Gasteiger partial charge in [-0.3, -0.25) is 0 Å². The lowest BCUT2D eigenvalue weighted by molar-refractivity contribution is -0.137. The van der Waals surface area contributed by atoms with Crippen molar-refractivity contribution in [2.45, 2.75) is 65.2 Å². The summed E-state index contributed by atoms with van der Waals surface area (Å²) in [6, 6.07) is 0. The lowest BCUT2D eigenvalue weighted by atomic mass is 10.1. The topological polar surface area (TPSA) is 26.3 Å². The normalized spacial score (nSPS) is 13.2. The molecular formula is C24H36O2S. The predicted octanol–water partition coefficient (Wildman–Crippen LogP) is 7.28. The number of unbranched alkanes of at least 4 members (excludes halogenated alkanes) is 7. The number of hydrogen-bond acceptors (Lipinski definition) is 3. The molecule has 0 aromatic carbocycles. The summed E-state index contributed by atoms with van der Waals surface area (Å²) in [5.41, 5.74) is 0. The Morgan fingerprint density at radius 3 is 1.85 bits per heavy atom. The summed E-state index contributed by atoms with van der Waals surface area (Å²) >= 11 is 4.08. The lowest BCUT2D eigenvalue weighted by Crippen LogP contribution is -2.03. The molecule has 0 radical (unpaired) electrons. The van der Waals surface area contributed by atoms with E-state index in [4.69, 9.17) is 4.74 Å². The number of allylic oxidation sites excluding steroid dienone is 11. The number of esters is 1. The fourth-order valence-corrected chi connectivity index (χ4v) is 2.41. The fourth-order valence-electron chi connectivity index (χ4n) is 2.26. The maximum atomic E-state index is 11.3. The van der Waals surface area contributed by atoms with Crippen molar-refractivity contribution in [1.82, 2.24) is 0 Å². The molecule has 0 atom stereocenters. The van der Waals surface area contributed by atoms with E-state index in [1.54, 1.807) is 19.1 Å². The molecule has 0 aliphatic rings. The Bertz CT molecular complexity index is 537. The zero-order valence-electron chi connectivity index (χ0n) is 17.0. The van der Waals surface area contributed by atoms with Gasteiger partial charge in [-0.25, -0.2) is 4.79 Å². The fraction of sp³-hybridized carbons (Fsp3) is 0.458. The number of carbonyl (C=O) groups is 1. The van der Waals surface area contributed by atoms with Crippen LogP contribution in [0.4, 0.5) is 0 Å². The molecule has 0 saturated carbocycles. The minimum atomic E-state index is -0.403. The summed E-state index contributed by atoms with van der Waals surface area (Å²) < 4.78 is 4.83. The van der Waals surface area contributed by atoms with Crippen molar-refractivity contribution in [3.05, 3.63) is 71.7 Å². The molecule has 0 unspecified atom stereocenters. The van der Waals surface area contributed by atoms with Gasteiger partial charge in [-0.1, -0.05) is 106 Å². The van der Waals surface area contributed by atoms with Crippen LogP contribution in [-0.2, 0) is 9.53 Å². The second-order valence-electron chi connectivity index (χ2n) is 6.15. The number of rotatable bonds is 15. The molecule has 0 aliphatic carbocycles. The van der Waals surface area contributed by atoms with Crippen molar-refractivity contribution < 1.29 is 9.53 Å². The average molecular weight is 389 g/mol. The number of carbonyl (C=O) groups excluding carboxylic acids is 1. The van der Waals surface area contributed by atoms with Gasteiger partial charge >= 0.3 is 5.97 Å². The SMILES string of the molecule is CCCCCCCCCC=CC=CC=CC=CC=CC=C(S)C(=O)OCC. The van der Waals surface area contributed by atoms with Crippen LogP contribution in [0.1, 0.15) is 65.2 Å². The van der Waals surface area contributed by atoms with E-state index >= 15 is 0 Å². The van der Waals surface area contributed by atoms with Gasteiger partial charge in [0.1, 0.15) is 0 Å². The highest BCUT2D eigenvalue weighted by molar-refractivity contribution is 7.85. The second kappa shape index (κ2) is 20.6. The first-order valence-electron chi connectivity index (χ1n) is 10.1. The second-order valence-corrected chi connectivity index (χ2v) is 6.63. The summed E-state index contributed by atoms with van der Waals surface area (Å²) in [4.78, 5) is 11.6. The molecule has 2 nitrogen and oxygen atoms in total. The standard InChI is InChI=1S/C24H36O2S/c1-3-5-6-7-8-9-10-11-12-13-14-15-16-17-18-19-20-21-22-23(27)24(25)26-4-2/h12-22,27H,3-11H2,1-2H3. The molecule has 0 heterocycles. The summed E-state index contributed by atoms with van der Waals surface area (Å²) in [5, 5.41) is 0. The van der Waals surface area contributed by atoms with Crippen LogP contribution >= 0.6 is 12.6 Å². The van der Waals surface area contributed by atoms with Gasteiger partial charge in [0, 0.05) is 0 Å². The Kier molecular flexibility index (Phi) is 19.2. The van der Waals surface area contributed by atoms with Gasteiger partial charge in [-0.05, 0) is 25.8 Å². The molecule has 0 aliphatic heterocycles. The van der Waals surface area contributed by atoms with Gasteiger partial charge in [0.15, 0.2) is 0 Å². The first kappa shape index (κ1) is 25.3. The summed E-state index contributed by atoms with van der Waals surface area (Å²) in [7, 11) is 0. The van der Waals surface area contributed by atoms with E-state index < -0.39 is 5.97 Å². The van der Waals surface area contributed by atoms with E-state index in [-0.39, 0.29) is 0 Å². The van der Waals surface area contributed by atoms with Crippen molar-refractivity contribution in [3.63, 3.8) is 0 Å². The molecule has 0 N–H and O–H groups in total. The van der Waals surface area contributed by atoms with Crippen molar-refractivity contribution in [1.29, 1.82) is 0 Å². The van der Waals surface area contributed by atoms with Gasteiger partial charge in [0.05, 0.1) is 11.5 Å². The zero-order chi connectivity index (χ0) is 20.0. The van der Waals surface area contributed by atoms with Gasteiger partial charge in [-0.2, -0.15) is 0 Å². The quantitative estimate of drug-likeness (QED) is 0.105. The zero-order valence-corrected chi connectivity index (χ0v) is 17.9. The number of hydrogen-bond donors (Lipinski definition) is 1. The Labute approximate surface area is 171 Å². The van der Waals surface area contributed by atoms with Crippen LogP contribution < -0.4 is 0 Å². The number of thiol groups is 1. The van der Waals surface area contributed by atoms with Crippen molar-refractivity contribution in [2.24, 2.45) is 0 Å². The Balaban J connectivity index is 3.77. The van der Waals surface area contributed by atoms with Crippen LogP contribution in [0.5, 0.6) is 0 Å². The maximum absolute atomic E-state index is 11.3. The maximum Gasteiger partial charge on any atom is 0.344 e. The average Bonchev–Trinajstić information content (AvgIpc) is 2.67. The van der Waals surface area contributed by atoms with Gasteiger partial charge in [0.25, 0.3) is 0 Å². The molecule has 0 rings (SSSR count). The van der Waals surface area contributed by atoms with E-state index in [0.717, 1.165) is 0 Å². The largest absolute Gasteiger partial charge is 0.462 e. The molecular weight excluding hydrogens is 352 g/mol. The molecule has 0 bridgehead atoms. The Hall–Kier alpha value is -1.74. The first-order chi connectivity index (χ1) is 13.2. The molecule has 0 spiro atoms. The van der Waals surface area contributed by atoms with Gasteiger partial charge in [-0.15, -0.1) is 12.6 Å². The monoisotopic (exact) mass is 388 g/mol. The molecule has 150 valence electrons. The molecule has 0 saturated heterocycles. The van der Waals surface area contributed by atoms with Crippen LogP contribution in [0.15, 0.2) is 71.7 Å². The molecule has 0 aromatic rings. The first-order valence-corrected chi connectivity index (χ1v) is 10.6. The third kappa shape index (κ3) is 18.8. The van der Waals surface area contributed by atoms with E-state index in [1.807, 2.05) is 36.5 Å². The highest BCUT2D eigenvalue weighted by Gasteiger charge is 2.02. The smallest absolute Gasteiger partial charge is 0.344 e. The van der Waals surface area contributed by atoms with Crippen LogP contribution in [0.2, 0.25) is 0 Å². The van der Waals surface area contributed by atoms with Crippen LogP contribution in [0.25, 0.3) is 0 Å². The van der Waals surface area contributed by atoms with Crippen molar-refractivity contribution in [3.8, 4) is 0 Å². The van der Waals surface area contributed by atoms with E-state index in [1.165, 1.54) is 51.4 Å².